The number of nitrogens with zero attached hydrogens (tertiary/aromatic N) is 2. The molecule has 1 aromatic rings. The predicted octanol–water partition coefficient (Wildman–Crippen LogP) is 2.26. The van der Waals surface area contributed by atoms with Gasteiger partial charge in [-0.3, -0.25) is 0 Å². The molecule has 92 valence electrons. The second-order valence-corrected chi connectivity index (χ2v) is 5.96. The van der Waals surface area contributed by atoms with E-state index in [0.717, 1.165) is 30.2 Å². The van der Waals surface area contributed by atoms with Crippen molar-refractivity contribution in [3.05, 3.63) is 23.4 Å². The Kier molecular flexibility index (Phi) is 3.08. The molecule has 1 aliphatic heterocycles. The summed E-state index contributed by atoms with van der Waals surface area (Å²) in [6.07, 6.45) is 1.18. The van der Waals surface area contributed by atoms with Crippen LogP contribution in [0.15, 0.2) is 12.1 Å². The van der Waals surface area contributed by atoms with Crippen molar-refractivity contribution in [1.29, 1.82) is 0 Å². The van der Waals surface area contributed by atoms with Crippen LogP contribution in [0.2, 0.25) is 0 Å². The number of rotatable bonds is 2. The fraction of sp³-hybridized carbons (Fsp3) is 0.538. The lowest BCUT2D eigenvalue weighted by Crippen LogP contribution is -2.27. The second kappa shape index (κ2) is 4.26. The monoisotopic (exact) mass is 249 g/mol. The number of pyridine rings is 1. The summed E-state index contributed by atoms with van der Waals surface area (Å²) in [7, 11) is 0. The molecule has 3 nitrogen and oxygen atoms in total. The quantitative estimate of drug-likeness (QED) is 0.816. The molecular formula is C13H19N3S. The summed E-state index contributed by atoms with van der Waals surface area (Å²) in [5, 5.41) is 0. The van der Waals surface area contributed by atoms with Crippen molar-refractivity contribution < 1.29 is 0 Å². The van der Waals surface area contributed by atoms with Crippen molar-refractivity contribution >= 4 is 23.0 Å². The number of aromatic nitrogens is 1. The number of hydrogen-bond acceptors (Lipinski definition) is 3. The van der Waals surface area contributed by atoms with Crippen LogP contribution >= 0.6 is 12.2 Å². The molecule has 0 amide bonds. The number of hydrogen-bond donors (Lipinski definition) is 1. The second-order valence-electron chi connectivity index (χ2n) is 5.52. The van der Waals surface area contributed by atoms with Crippen LogP contribution in [-0.2, 0) is 0 Å². The van der Waals surface area contributed by atoms with Crippen molar-refractivity contribution in [2.24, 2.45) is 11.1 Å². The van der Waals surface area contributed by atoms with Crippen molar-refractivity contribution in [2.75, 3.05) is 18.0 Å². The average Bonchev–Trinajstić information content (AvgIpc) is 2.58. The number of nitrogens with two attached hydrogens (primary N) is 1. The van der Waals surface area contributed by atoms with E-state index in [2.05, 4.69) is 23.7 Å². The van der Waals surface area contributed by atoms with Gasteiger partial charge in [0.05, 0.1) is 5.56 Å². The molecule has 0 aromatic carbocycles. The lowest BCUT2D eigenvalue weighted by Gasteiger charge is -2.23. The Bertz CT molecular complexity index is 454. The first-order chi connectivity index (χ1) is 7.89. The van der Waals surface area contributed by atoms with E-state index in [-0.39, 0.29) is 0 Å². The minimum atomic E-state index is 0.346. The number of anilines is 1. The Morgan fingerprint density at radius 3 is 2.71 bits per heavy atom. The van der Waals surface area contributed by atoms with Crippen LogP contribution in [0.4, 0.5) is 5.82 Å². The van der Waals surface area contributed by atoms with E-state index in [0.29, 0.717) is 10.4 Å². The summed E-state index contributed by atoms with van der Waals surface area (Å²) in [5.74, 6) is 0.947. The zero-order chi connectivity index (χ0) is 12.6. The molecule has 0 atom stereocenters. The smallest absolute Gasteiger partial charge is 0.139 e. The van der Waals surface area contributed by atoms with Gasteiger partial charge in [-0.2, -0.15) is 0 Å². The maximum atomic E-state index is 5.76. The summed E-state index contributed by atoms with van der Waals surface area (Å²) < 4.78 is 0. The zero-order valence-corrected chi connectivity index (χ0v) is 11.5. The van der Waals surface area contributed by atoms with Gasteiger partial charge in [0.15, 0.2) is 0 Å². The first-order valence-electron chi connectivity index (χ1n) is 5.91. The molecule has 1 aromatic heterocycles. The molecule has 1 saturated heterocycles. The van der Waals surface area contributed by atoms with Crippen LogP contribution < -0.4 is 10.6 Å². The highest BCUT2D eigenvalue weighted by Crippen LogP contribution is 2.33. The minimum Gasteiger partial charge on any atom is -0.389 e. The molecule has 0 spiro atoms. The van der Waals surface area contributed by atoms with E-state index in [1.807, 2.05) is 19.1 Å². The molecule has 0 saturated carbocycles. The third-order valence-corrected chi connectivity index (χ3v) is 3.48. The van der Waals surface area contributed by atoms with Gasteiger partial charge < -0.3 is 10.6 Å². The predicted molar refractivity (Wildman–Crippen MR) is 75.5 cm³/mol. The minimum absolute atomic E-state index is 0.346. The van der Waals surface area contributed by atoms with E-state index in [1.165, 1.54) is 6.42 Å². The van der Waals surface area contributed by atoms with Gasteiger partial charge >= 0.3 is 0 Å². The maximum absolute atomic E-state index is 5.76. The van der Waals surface area contributed by atoms with Gasteiger partial charge in [-0.15, -0.1) is 0 Å². The zero-order valence-electron chi connectivity index (χ0n) is 10.7. The molecule has 4 heteroatoms. The number of thiocarbonyl (C=S) groups is 1. The Morgan fingerprint density at radius 2 is 2.18 bits per heavy atom. The number of aryl methyl sites for hydroxylation is 1. The molecule has 0 aliphatic carbocycles. The van der Waals surface area contributed by atoms with Crippen LogP contribution in [0.5, 0.6) is 0 Å². The summed E-state index contributed by atoms with van der Waals surface area (Å²) in [6.45, 7) is 8.60. The summed E-state index contributed by atoms with van der Waals surface area (Å²) >= 11 is 5.10. The Morgan fingerprint density at radius 1 is 1.47 bits per heavy atom. The fourth-order valence-electron chi connectivity index (χ4n) is 2.27. The molecule has 1 fully saturated rings. The lowest BCUT2D eigenvalue weighted by molar-refractivity contribution is 0.418. The van der Waals surface area contributed by atoms with Crippen LogP contribution in [0.25, 0.3) is 0 Å². The summed E-state index contributed by atoms with van der Waals surface area (Å²) in [5.41, 5.74) is 8.01. The van der Waals surface area contributed by atoms with Gasteiger partial charge in [-0.05, 0) is 30.9 Å². The molecule has 17 heavy (non-hydrogen) atoms. The summed E-state index contributed by atoms with van der Waals surface area (Å²) in [6, 6.07) is 3.94. The largest absolute Gasteiger partial charge is 0.389 e. The van der Waals surface area contributed by atoms with Gasteiger partial charge in [0.25, 0.3) is 0 Å². The van der Waals surface area contributed by atoms with E-state index >= 15 is 0 Å². The Labute approximate surface area is 108 Å². The van der Waals surface area contributed by atoms with Crippen LogP contribution in [-0.4, -0.2) is 23.1 Å². The molecule has 2 rings (SSSR count). The molecule has 2 heterocycles. The Balaban J connectivity index is 2.38. The standard InChI is InChI=1S/C13H19N3S/c1-9-4-5-10(11(14)17)12(15-9)16-7-6-13(2,3)8-16/h4-5H,6-8H2,1-3H3,(H2,14,17). The van der Waals surface area contributed by atoms with Crippen LogP contribution in [0, 0.1) is 12.3 Å². The van der Waals surface area contributed by atoms with E-state index in [9.17, 15) is 0 Å². The molecule has 0 bridgehead atoms. The lowest BCUT2D eigenvalue weighted by atomic mass is 9.93. The fourth-order valence-corrected chi connectivity index (χ4v) is 2.43. The SMILES string of the molecule is Cc1ccc(C(N)=S)c(N2CCC(C)(C)C2)n1. The van der Waals surface area contributed by atoms with Gasteiger partial charge in [0.2, 0.25) is 0 Å². The maximum Gasteiger partial charge on any atom is 0.139 e. The van der Waals surface area contributed by atoms with Gasteiger partial charge in [0.1, 0.15) is 10.8 Å². The third-order valence-electron chi connectivity index (χ3n) is 3.26. The third kappa shape index (κ3) is 2.57. The average molecular weight is 249 g/mol. The topological polar surface area (TPSA) is 42.1 Å². The van der Waals surface area contributed by atoms with Crippen molar-refractivity contribution in [1.82, 2.24) is 4.98 Å². The van der Waals surface area contributed by atoms with Gasteiger partial charge in [-0.25, -0.2) is 4.98 Å². The van der Waals surface area contributed by atoms with Crippen molar-refractivity contribution in [3.63, 3.8) is 0 Å². The van der Waals surface area contributed by atoms with E-state index in [1.54, 1.807) is 0 Å². The van der Waals surface area contributed by atoms with Crippen molar-refractivity contribution in [2.45, 2.75) is 27.2 Å². The summed E-state index contributed by atoms with van der Waals surface area (Å²) in [4.78, 5) is 7.32. The molecule has 0 unspecified atom stereocenters. The van der Waals surface area contributed by atoms with Gasteiger partial charge in [-0.1, -0.05) is 26.1 Å². The molecular weight excluding hydrogens is 230 g/mol. The van der Waals surface area contributed by atoms with Crippen LogP contribution in [0.1, 0.15) is 31.5 Å². The Hall–Kier alpha value is -1.16. The first-order valence-corrected chi connectivity index (χ1v) is 6.32. The molecule has 1 aliphatic rings. The van der Waals surface area contributed by atoms with E-state index in [4.69, 9.17) is 18.0 Å². The molecule has 2 N–H and O–H groups in total. The van der Waals surface area contributed by atoms with Gasteiger partial charge in [0, 0.05) is 18.8 Å². The van der Waals surface area contributed by atoms with E-state index < -0.39 is 0 Å². The normalized spacial score (nSPS) is 18.4. The highest BCUT2D eigenvalue weighted by Gasteiger charge is 2.31. The van der Waals surface area contributed by atoms with Crippen LogP contribution in [0.3, 0.4) is 0 Å². The molecule has 0 radical (unpaired) electrons. The van der Waals surface area contributed by atoms with Crippen molar-refractivity contribution in [3.8, 4) is 0 Å². The highest BCUT2D eigenvalue weighted by atomic mass is 32.1. The highest BCUT2D eigenvalue weighted by molar-refractivity contribution is 7.80. The first kappa shape index (κ1) is 12.3.